The predicted octanol–water partition coefficient (Wildman–Crippen LogP) is 2.78. The Balaban J connectivity index is 1.82. The molecule has 2 saturated carbocycles. The molecule has 2 N–H and O–H groups in total. The van der Waals surface area contributed by atoms with Crippen molar-refractivity contribution in [3.05, 3.63) is 0 Å². The van der Waals surface area contributed by atoms with E-state index >= 15 is 0 Å². The SMILES string of the molecule is CCCCN(C(=O)C1CC2CCCCC2N1C(=O)OC(C)(C)C)C(O)C(=O)NC1CC1. The highest BCUT2D eigenvalue weighted by molar-refractivity contribution is 5.91. The highest BCUT2D eigenvalue weighted by atomic mass is 16.6. The molecule has 2 aliphatic carbocycles. The topological polar surface area (TPSA) is 99.2 Å². The number of nitrogens with one attached hydrogen (secondary N) is 1. The van der Waals surface area contributed by atoms with Crippen LogP contribution in [-0.2, 0) is 14.3 Å². The third-order valence-corrected chi connectivity index (χ3v) is 6.47. The molecule has 8 heteroatoms. The molecule has 4 atom stereocenters. The van der Waals surface area contributed by atoms with Crippen molar-refractivity contribution in [2.75, 3.05) is 6.54 Å². The van der Waals surface area contributed by atoms with Gasteiger partial charge in [0.1, 0.15) is 11.6 Å². The van der Waals surface area contributed by atoms with Crippen molar-refractivity contribution in [1.82, 2.24) is 15.1 Å². The van der Waals surface area contributed by atoms with Gasteiger partial charge in [-0.15, -0.1) is 0 Å². The monoisotopic (exact) mass is 437 g/mol. The fourth-order valence-electron chi connectivity index (χ4n) is 4.78. The van der Waals surface area contributed by atoms with Crippen LogP contribution >= 0.6 is 0 Å². The lowest BCUT2D eigenvalue weighted by Gasteiger charge is -2.37. The zero-order valence-corrected chi connectivity index (χ0v) is 19.4. The summed E-state index contributed by atoms with van der Waals surface area (Å²) >= 11 is 0. The molecule has 3 fully saturated rings. The summed E-state index contributed by atoms with van der Waals surface area (Å²) in [6.45, 7) is 7.72. The van der Waals surface area contributed by atoms with Crippen molar-refractivity contribution in [2.24, 2.45) is 5.92 Å². The Morgan fingerprint density at radius 2 is 1.84 bits per heavy atom. The molecule has 0 aromatic carbocycles. The number of hydrogen-bond acceptors (Lipinski definition) is 5. The third kappa shape index (κ3) is 5.90. The maximum absolute atomic E-state index is 13.7. The number of aliphatic hydroxyl groups excluding tert-OH is 1. The predicted molar refractivity (Wildman–Crippen MR) is 116 cm³/mol. The van der Waals surface area contributed by atoms with E-state index in [-0.39, 0.29) is 30.5 Å². The number of unbranched alkanes of at least 4 members (excludes halogenated alkanes) is 1. The first-order chi connectivity index (χ1) is 14.6. The molecule has 0 aromatic rings. The van der Waals surface area contributed by atoms with Crippen LogP contribution in [-0.4, -0.2) is 69.3 Å². The molecule has 0 radical (unpaired) electrons. The fraction of sp³-hybridized carbons (Fsp3) is 0.870. The van der Waals surface area contributed by atoms with E-state index in [1.54, 1.807) is 4.90 Å². The molecule has 4 unspecified atom stereocenters. The molecule has 1 aliphatic heterocycles. The number of hydrogen-bond donors (Lipinski definition) is 2. The standard InChI is InChI=1S/C23H39N3O5/c1-5-6-13-25(21(29)19(27)24-16-11-12-16)20(28)18-14-15-9-7-8-10-17(15)26(18)22(30)31-23(2,3)4/h15-18,21,29H,5-14H2,1-4H3,(H,24,27). The van der Waals surface area contributed by atoms with Crippen LogP contribution in [0.1, 0.15) is 85.5 Å². The Morgan fingerprint density at radius 1 is 1.16 bits per heavy atom. The molecule has 176 valence electrons. The smallest absolute Gasteiger partial charge is 0.411 e. The number of aliphatic hydroxyl groups is 1. The maximum atomic E-state index is 13.7. The molecular weight excluding hydrogens is 398 g/mol. The van der Waals surface area contributed by atoms with Gasteiger partial charge in [0, 0.05) is 18.6 Å². The van der Waals surface area contributed by atoms with Gasteiger partial charge in [-0.1, -0.05) is 26.2 Å². The first kappa shape index (κ1) is 23.8. The second kappa shape index (κ2) is 9.76. The first-order valence-electron chi connectivity index (χ1n) is 11.9. The van der Waals surface area contributed by atoms with Crippen LogP contribution in [0.15, 0.2) is 0 Å². The number of fused-ring (bicyclic) bond motifs is 1. The van der Waals surface area contributed by atoms with Crippen LogP contribution in [0.3, 0.4) is 0 Å². The van der Waals surface area contributed by atoms with Crippen molar-refractivity contribution >= 4 is 17.9 Å². The van der Waals surface area contributed by atoms with Gasteiger partial charge in [0.25, 0.3) is 5.91 Å². The lowest BCUT2D eigenvalue weighted by atomic mass is 9.84. The summed E-state index contributed by atoms with van der Waals surface area (Å²) in [4.78, 5) is 42.2. The second-order valence-electron chi connectivity index (χ2n) is 10.3. The minimum Gasteiger partial charge on any atom is -0.444 e. The van der Waals surface area contributed by atoms with Gasteiger partial charge in [-0.05, 0) is 65.2 Å². The summed E-state index contributed by atoms with van der Waals surface area (Å²) in [6, 6.07) is -0.635. The van der Waals surface area contributed by atoms with E-state index in [2.05, 4.69) is 5.32 Å². The van der Waals surface area contributed by atoms with Crippen molar-refractivity contribution < 1.29 is 24.2 Å². The van der Waals surface area contributed by atoms with E-state index < -0.39 is 29.9 Å². The average molecular weight is 438 g/mol. The van der Waals surface area contributed by atoms with E-state index in [1.807, 2.05) is 27.7 Å². The highest BCUT2D eigenvalue weighted by Crippen LogP contribution is 2.41. The zero-order valence-electron chi connectivity index (χ0n) is 19.4. The minimum absolute atomic E-state index is 0.0250. The van der Waals surface area contributed by atoms with Gasteiger partial charge in [-0.25, -0.2) is 4.79 Å². The molecule has 0 bridgehead atoms. The number of amides is 3. The molecule has 1 heterocycles. The number of carbonyl (C=O) groups excluding carboxylic acids is 3. The normalized spacial score (nSPS) is 26.7. The molecule has 31 heavy (non-hydrogen) atoms. The third-order valence-electron chi connectivity index (χ3n) is 6.47. The van der Waals surface area contributed by atoms with E-state index in [0.29, 0.717) is 12.8 Å². The number of likely N-dealkylation sites (tertiary alicyclic amines) is 1. The van der Waals surface area contributed by atoms with Gasteiger partial charge in [0.05, 0.1) is 0 Å². The van der Waals surface area contributed by atoms with E-state index in [4.69, 9.17) is 4.74 Å². The highest BCUT2D eigenvalue weighted by Gasteiger charge is 2.50. The second-order valence-corrected chi connectivity index (χ2v) is 10.3. The Labute approximate surface area is 185 Å². The largest absolute Gasteiger partial charge is 0.444 e. The van der Waals surface area contributed by atoms with Gasteiger partial charge >= 0.3 is 6.09 Å². The van der Waals surface area contributed by atoms with Gasteiger partial charge < -0.3 is 20.1 Å². The molecule has 0 aromatic heterocycles. The lowest BCUT2D eigenvalue weighted by Crippen LogP contribution is -2.57. The molecule has 1 saturated heterocycles. The van der Waals surface area contributed by atoms with Crippen LogP contribution in [0.5, 0.6) is 0 Å². The average Bonchev–Trinajstić information content (AvgIpc) is 3.42. The van der Waals surface area contributed by atoms with Crippen LogP contribution in [0.4, 0.5) is 4.79 Å². The Kier molecular flexibility index (Phi) is 7.50. The summed E-state index contributed by atoms with van der Waals surface area (Å²) in [7, 11) is 0. The number of nitrogens with zero attached hydrogens (tertiary/aromatic N) is 2. The molecule has 3 amide bonds. The number of carbonyl (C=O) groups is 3. The fourth-order valence-corrected chi connectivity index (χ4v) is 4.78. The minimum atomic E-state index is -1.54. The number of rotatable bonds is 7. The van der Waals surface area contributed by atoms with Crippen molar-refractivity contribution in [3.63, 3.8) is 0 Å². The Bertz CT molecular complexity index is 673. The van der Waals surface area contributed by atoms with E-state index in [0.717, 1.165) is 44.9 Å². The van der Waals surface area contributed by atoms with Crippen molar-refractivity contribution in [1.29, 1.82) is 0 Å². The van der Waals surface area contributed by atoms with Gasteiger partial charge in [-0.2, -0.15) is 0 Å². The summed E-state index contributed by atoms with van der Waals surface area (Å²) < 4.78 is 5.66. The van der Waals surface area contributed by atoms with Crippen molar-refractivity contribution in [3.8, 4) is 0 Å². The van der Waals surface area contributed by atoms with E-state index in [9.17, 15) is 19.5 Å². The zero-order chi connectivity index (χ0) is 22.8. The van der Waals surface area contributed by atoms with Crippen LogP contribution in [0, 0.1) is 5.92 Å². The number of ether oxygens (including phenoxy) is 1. The summed E-state index contributed by atoms with van der Waals surface area (Å²) in [6.07, 6.45) is 5.79. The summed E-state index contributed by atoms with van der Waals surface area (Å²) in [5, 5.41) is 13.5. The molecule has 8 nitrogen and oxygen atoms in total. The molecule has 0 spiro atoms. The summed E-state index contributed by atoms with van der Waals surface area (Å²) in [5.74, 6) is -0.640. The van der Waals surface area contributed by atoms with Crippen LogP contribution in [0.2, 0.25) is 0 Å². The van der Waals surface area contributed by atoms with Crippen molar-refractivity contribution in [2.45, 2.75) is 115 Å². The summed E-state index contributed by atoms with van der Waals surface area (Å²) in [5.41, 5.74) is -0.664. The Hall–Kier alpha value is -1.83. The molecule has 3 rings (SSSR count). The molecular formula is C23H39N3O5. The van der Waals surface area contributed by atoms with Crippen LogP contribution in [0.25, 0.3) is 0 Å². The van der Waals surface area contributed by atoms with Gasteiger partial charge in [-0.3, -0.25) is 14.5 Å². The Morgan fingerprint density at radius 3 is 2.45 bits per heavy atom. The quantitative estimate of drug-likeness (QED) is 0.597. The van der Waals surface area contributed by atoms with E-state index in [1.165, 1.54) is 4.90 Å². The first-order valence-corrected chi connectivity index (χ1v) is 11.9. The van der Waals surface area contributed by atoms with Crippen LogP contribution < -0.4 is 5.32 Å². The molecule has 3 aliphatic rings. The van der Waals surface area contributed by atoms with Gasteiger partial charge in [0.2, 0.25) is 12.1 Å². The van der Waals surface area contributed by atoms with Gasteiger partial charge in [0.15, 0.2) is 0 Å². The maximum Gasteiger partial charge on any atom is 0.411 e. The lowest BCUT2D eigenvalue weighted by molar-refractivity contribution is -0.156.